The highest BCUT2D eigenvalue weighted by molar-refractivity contribution is 9.10. The van der Waals surface area contributed by atoms with Gasteiger partial charge in [-0.3, -0.25) is 0 Å². The zero-order valence-electron chi connectivity index (χ0n) is 10.9. The average Bonchev–Trinajstić information content (AvgIpc) is 2.33. The Kier molecular flexibility index (Phi) is 7.02. The molecule has 0 saturated carbocycles. The Hall–Kier alpha value is -0.940. The van der Waals surface area contributed by atoms with E-state index in [1.807, 2.05) is 30.0 Å². The van der Waals surface area contributed by atoms with Crippen LogP contribution in [-0.4, -0.2) is 28.7 Å². The molecule has 0 radical (unpaired) electrons. The second-order valence-electron chi connectivity index (χ2n) is 4.12. The van der Waals surface area contributed by atoms with Gasteiger partial charge in [-0.25, -0.2) is 4.79 Å². The van der Waals surface area contributed by atoms with Gasteiger partial charge >= 0.3 is 5.97 Å². The maximum absolute atomic E-state index is 10.6. The van der Waals surface area contributed by atoms with Crippen molar-refractivity contribution in [1.82, 2.24) is 0 Å². The number of thioether (sulfide) groups is 1. The molecule has 1 rings (SSSR count). The molecule has 5 heteroatoms. The van der Waals surface area contributed by atoms with Crippen LogP contribution in [0.25, 0.3) is 6.08 Å². The van der Waals surface area contributed by atoms with Gasteiger partial charge in [-0.1, -0.05) is 29.8 Å². The molecule has 0 atom stereocenters. The number of carbonyl (C=O) groups is 1. The van der Waals surface area contributed by atoms with E-state index in [2.05, 4.69) is 29.8 Å². The first-order chi connectivity index (χ1) is 8.99. The van der Waals surface area contributed by atoms with Gasteiger partial charge in [-0.05, 0) is 29.5 Å². The monoisotopic (exact) mass is 344 g/mol. The van der Waals surface area contributed by atoms with Gasteiger partial charge < -0.3 is 9.84 Å². The largest absolute Gasteiger partial charge is 0.492 e. The smallest absolute Gasteiger partial charge is 0.328 e. The van der Waals surface area contributed by atoms with Crippen LogP contribution in [0.5, 0.6) is 5.75 Å². The highest BCUT2D eigenvalue weighted by atomic mass is 79.9. The molecule has 1 aromatic carbocycles. The fourth-order valence-electron chi connectivity index (χ4n) is 1.38. The van der Waals surface area contributed by atoms with Crippen LogP contribution in [0.3, 0.4) is 0 Å². The summed E-state index contributed by atoms with van der Waals surface area (Å²) in [6.07, 6.45) is 2.65. The summed E-state index contributed by atoms with van der Waals surface area (Å²) in [4.78, 5) is 10.6. The summed E-state index contributed by atoms with van der Waals surface area (Å²) in [6, 6.07) is 5.55. The second kappa shape index (κ2) is 8.27. The number of carboxylic acid groups (broad SMARTS) is 1. The third kappa shape index (κ3) is 6.68. The number of hydrogen-bond donors (Lipinski definition) is 1. The standard InChI is InChI=1S/C14H17BrO3S/c1-10(2)19-8-7-18-13-5-4-12(15)9-11(13)3-6-14(16)17/h3-6,9-10H,7-8H2,1-2H3,(H,16,17)/b6-3+. The van der Waals surface area contributed by atoms with Gasteiger partial charge in [0.2, 0.25) is 0 Å². The van der Waals surface area contributed by atoms with Crippen molar-refractivity contribution < 1.29 is 14.6 Å². The summed E-state index contributed by atoms with van der Waals surface area (Å²) in [6.45, 7) is 4.90. The summed E-state index contributed by atoms with van der Waals surface area (Å²) in [5.41, 5.74) is 0.756. The van der Waals surface area contributed by atoms with Gasteiger partial charge in [0.1, 0.15) is 5.75 Å². The molecular weight excluding hydrogens is 328 g/mol. The number of rotatable bonds is 7. The zero-order chi connectivity index (χ0) is 14.3. The first-order valence-corrected chi connectivity index (χ1v) is 7.78. The van der Waals surface area contributed by atoms with Crippen LogP contribution in [0.4, 0.5) is 0 Å². The van der Waals surface area contributed by atoms with E-state index in [0.29, 0.717) is 17.6 Å². The molecule has 0 fully saturated rings. The number of aliphatic carboxylic acids is 1. The Morgan fingerprint density at radius 2 is 2.26 bits per heavy atom. The third-order valence-corrected chi connectivity index (χ3v) is 3.73. The number of ether oxygens (including phenoxy) is 1. The number of halogens is 1. The highest BCUT2D eigenvalue weighted by Gasteiger charge is 2.03. The summed E-state index contributed by atoms with van der Waals surface area (Å²) in [5, 5.41) is 9.25. The zero-order valence-corrected chi connectivity index (χ0v) is 13.3. The van der Waals surface area contributed by atoms with Crippen LogP contribution in [0.2, 0.25) is 0 Å². The Bertz CT molecular complexity index is 458. The summed E-state index contributed by atoms with van der Waals surface area (Å²) >= 11 is 5.19. The second-order valence-corrected chi connectivity index (χ2v) is 6.72. The van der Waals surface area contributed by atoms with E-state index in [9.17, 15) is 4.79 Å². The maximum Gasteiger partial charge on any atom is 0.328 e. The van der Waals surface area contributed by atoms with Gasteiger partial charge in [0.15, 0.2) is 0 Å². The van der Waals surface area contributed by atoms with Gasteiger partial charge in [0.05, 0.1) is 6.61 Å². The summed E-state index contributed by atoms with van der Waals surface area (Å²) in [7, 11) is 0. The van der Waals surface area contributed by atoms with Gasteiger partial charge in [0.25, 0.3) is 0 Å². The first kappa shape index (κ1) is 16.1. The minimum atomic E-state index is -0.971. The van der Waals surface area contributed by atoms with Crippen LogP contribution in [0.1, 0.15) is 19.4 Å². The van der Waals surface area contributed by atoms with Crippen molar-refractivity contribution in [3.8, 4) is 5.75 Å². The van der Waals surface area contributed by atoms with E-state index < -0.39 is 5.97 Å². The Morgan fingerprint density at radius 3 is 2.89 bits per heavy atom. The minimum Gasteiger partial charge on any atom is -0.492 e. The maximum atomic E-state index is 10.6. The average molecular weight is 345 g/mol. The Labute approximate surface area is 126 Å². The molecule has 0 saturated heterocycles. The number of benzene rings is 1. The Balaban J connectivity index is 2.68. The highest BCUT2D eigenvalue weighted by Crippen LogP contribution is 2.25. The topological polar surface area (TPSA) is 46.5 Å². The van der Waals surface area contributed by atoms with Crippen molar-refractivity contribution in [2.45, 2.75) is 19.1 Å². The molecule has 3 nitrogen and oxygen atoms in total. The molecule has 19 heavy (non-hydrogen) atoms. The molecule has 0 spiro atoms. The normalized spacial score (nSPS) is 11.2. The Morgan fingerprint density at radius 1 is 1.53 bits per heavy atom. The lowest BCUT2D eigenvalue weighted by atomic mass is 10.2. The van der Waals surface area contributed by atoms with Crippen LogP contribution < -0.4 is 4.74 Å². The fraction of sp³-hybridized carbons (Fsp3) is 0.357. The van der Waals surface area contributed by atoms with Crippen molar-refractivity contribution in [2.75, 3.05) is 12.4 Å². The molecule has 0 unspecified atom stereocenters. The quantitative estimate of drug-likeness (QED) is 0.598. The van der Waals surface area contributed by atoms with Crippen LogP contribution >= 0.6 is 27.7 Å². The van der Waals surface area contributed by atoms with Crippen LogP contribution in [0, 0.1) is 0 Å². The molecule has 0 bridgehead atoms. The lowest BCUT2D eigenvalue weighted by Gasteiger charge is -2.10. The van der Waals surface area contributed by atoms with Crippen LogP contribution in [0.15, 0.2) is 28.7 Å². The van der Waals surface area contributed by atoms with Crippen molar-refractivity contribution in [3.63, 3.8) is 0 Å². The molecule has 0 aliphatic rings. The predicted octanol–water partition coefficient (Wildman–Crippen LogP) is 4.07. The molecule has 0 aliphatic heterocycles. The van der Waals surface area contributed by atoms with Gasteiger partial charge in [-0.15, -0.1) is 0 Å². The summed E-state index contributed by atoms with van der Waals surface area (Å²) < 4.78 is 6.58. The SMILES string of the molecule is CC(C)SCCOc1ccc(Br)cc1/C=C/C(=O)O. The van der Waals surface area contributed by atoms with E-state index >= 15 is 0 Å². The molecule has 0 heterocycles. The molecular formula is C14H17BrO3S. The van der Waals surface area contributed by atoms with Crippen molar-refractivity contribution in [3.05, 3.63) is 34.3 Å². The van der Waals surface area contributed by atoms with Crippen molar-refractivity contribution >= 4 is 39.7 Å². The molecule has 0 aliphatic carbocycles. The first-order valence-electron chi connectivity index (χ1n) is 5.94. The molecule has 0 amide bonds. The third-order valence-electron chi connectivity index (χ3n) is 2.17. The van der Waals surface area contributed by atoms with E-state index in [4.69, 9.17) is 9.84 Å². The molecule has 1 aromatic rings. The predicted molar refractivity (Wildman–Crippen MR) is 83.9 cm³/mol. The minimum absolute atomic E-state index is 0.583. The number of carboxylic acids is 1. The van der Waals surface area contributed by atoms with Crippen molar-refractivity contribution in [1.29, 1.82) is 0 Å². The van der Waals surface area contributed by atoms with Gasteiger partial charge in [0, 0.05) is 21.9 Å². The van der Waals surface area contributed by atoms with E-state index in [0.717, 1.165) is 21.9 Å². The van der Waals surface area contributed by atoms with E-state index in [1.165, 1.54) is 6.08 Å². The number of hydrogen-bond acceptors (Lipinski definition) is 3. The molecule has 104 valence electrons. The van der Waals surface area contributed by atoms with E-state index in [-0.39, 0.29) is 0 Å². The van der Waals surface area contributed by atoms with E-state index in [1.54, 1.807) is 0 Å². The lowest BCUT2D eigenvalue weighted by Crippen LogP contribution is -2.03. The lowest BCUT2D eigenvalue weighted by molar-refractivity contribution is -0.131. The van der Waals surface area contributed by atoms with Crippen molar-refractivity contribution in [2.24, 2.45) is 0 Å². The summed E-state index contributed by atoms with van der Waals surface area (Å²) in [5.74, 6) is 0.641. The van der Waals surface area contributed by atoms with Gasteiger partial charge in [-0.2, -0.15) is 11.8 Å². The fourth-order valence-corrected chi connectivity index (χ4v) is 2.41. The molecule has 1 N–H and O–H groups in total. The molecule has 0 aromatic heterocycles. The van der Waals surface area contributed by atoms with Crippen LogP contribution in [-0.2, 0) is 4.79 Å².